The molecular formula is C12H13N5O. The number of aromatic amines is 1. The van der Waals surface area contributed by atoms with Crippen LogP contribution in [0.25, 0.3) is 11.2 Å². The molecule has 0 fully saturated rings. The fourth-order valence-electron chi connectivity index (χ4n) is 1.25. The second-order valence-corrected chi connectivity index (χ2v) is 4.88. The van der Waals surface area contributed by atoms with Gasteiger partial charge in [-0.3, -0.25) is 9.78 Å². The number of hydrogen-bond acceptors (Lipinski definition) is 5. The highest BCUT2D eigenvalue weighted by Crippen LogP contribution is 2.10. The van der Waals surface area contributed by atoms with Crippen molar-refractivity contribution in [2.24, 2.45) is 5.41 Å². The van der Waals surface area contributed by atoms with Crippen LogP contribution >= 0.6 is 0 Å². The zero-order chi connectivity index (χ0) is 13.3. The number of nitrogen functional groups attached to an aromatic ring is 1. The minimum atomic E-state index is -0.413. The minimum Gasteiger partial charge on any atom is -0.369 e. The van der Waals surface area contributed by atoms with Crippen molar-refractivity contribution in [1.82, 2.24) is 19.9 Å². The number of aromatic nitrogens is 4. The minimum absolute atomic E-state index is 0.0234. The number of fused-ring (bicyclic) bond motifs is 1. The van der Waals surface area contributed by atoms with Gasteiger partial charge in [0.25, 0.3) is 5.56 Å². The summed E-state index contributed by atoms with van der Waals surface area (Å²) in [4.78, 5) is 26.0. The Bertz CT molecular complexity index is 715. The Kier molecular flexibility index (Phi) is 2.75. The van der Waals surface area contributed by atoms with Gasteiger partial charge in [-0.1, -0.05) is 5.92 Å². The standard InChI is InChI=1S/C12H13N5O/c1-12(2,3)5-4-7-6-14-9-8(15-7)10(18)17-11(13)16-9/h6H,1-3H3,(H3,13,14,16,17,18). The molecule has 92 valence electrons. The summed E-state index contributed by atoms with van der Waals surface area (Å²) in [6.45, 7) is 5.97. The fourth-order valence-corrected chi connectivity index (χ4v) is 1.25. The molecule has 0 atom stereocenters. The maximum atomic E-state index is 11.6. The molecule has 6 heteroatoms. The normalized spacial score (nSPS) is 11.1. The molecule has 2 rings (SSSR count). The van der Waals surface area contributed by atoms with E-state index in [1.807, 2.05) is 20.8 Å². The molecule has 0 spiro atoms. The summed E-state index contributed by atoms with van der Waals surface area (Å²) in [5.74, 6) is 5.93. The molecule has 0 aliphatic carbocycles. The highest BCUT2D eigenvalue weighted by atomic mass is 16.1. The van der Waals surface area contributed by atoms with Crippen molar-refractivity contribution in [3.63, 3.8) is 0 Å². The third-order valence-corrected chi connectivity index (χ3v) is 2.00. The first kappa shape index (κ1) is 12.0. The van der Waals surface area contributed by atoms with Gasteiger partial charge in [0.15, 0.2) is 11.2 Å². The van der Waals surface area contributed by atoms with Crippen LogP contribution in [0.15, 0.2) is 11.0 Å². The predicted molar refractivity (Wildman–Crippen MR) is 68.7 cm³/mol. The highest BCUT2D eigenvalue weighted by Gasteiger charge is 2.07. The van der Waals surface area contributed by atoms with Crippen LogP contribution in [0.5, 0.6) is 0 Å². The molecule has 0 radical (unpaired) electrons. The number of H-pyrrole nitrogens is 1. The van der Waals surface area contributed by atoms with Gasteiger partial charge in [0.1, 0.15) is 5.69 Å². The molecule has 2 heterocycles. The SMILES string of the molecule is CC(C)(C)C#Cc1cnc2nc(N)[nH]c(=O)c2n1. The molecule has 2 aromatic rings. The summed E-state index contributed by atoms with van der Waals surface area (Å²) in [6.07, 6.45) is 1.48. The molecule has 3 N–H and O–H groups in total. The topological polar surface area (TPSA) is 97.5 Å². The quantitative estimate of drug-likeness (QED) is 0.663. The van der Waals surface area contributed by atoms with E-state index in [0.717, 1.165) is 0 Å². The summed E-state index contributed by atoms with van der Waals surface area (Å²) >= 11 is 0. The lowest BCUT2D eigenvalue weighted by molar-refractivity contribution is 0.571. The fraction of sp³-hybridized carbons (Fsp3) is 0.333. The molecule has 0 aromatic carbocycles. The predicted octanol–water partition coefficient (Wildman–Crippen LogP) is 0.693. The lowest BCUT2D eigenvalue weighted by Gasteiger charge is -2.06. The van der Waals surface area contributed by atoms with Gasteiger partial charge in [-0.15, -0.1) is 0 Å². The molecule has 6 nitrogen and oxygen atoms in total. The Balaban J connectivity index is 2.57. The van der Waals surface area contributed by atoms with Crippen molar-refractivity contribution < 1.29 is 0 Å². The first-order chi connectivity index (χ1) is 8.35. The van der Waals surface area contributed by atoms with Gasteiger partial charge in [-0.2, -0.15) is 4.98 Å². The van der Waals surface area contributed by atoms with Crippen molar-refractivity contribution in [3.05, 3.63) is 22.2 Å². The summed E-state index contributed by atoms with van der Waals surface area (Å²) in [6, 6.07) is 0. The third kappa shape index (κ3) is 2.63. The van der Waals surface area contributed by atoms with E-state index in [1.165, 1.54) is 6.20 Å². The Morgan fingerprint density at radius 2 is 2.06 bits per heavy atom. The second kappa shape index (κ2) is 4.11. The Morgan fingerprint density at radius 3 is 2.72 bits per heavy atom. The van der Waals surface area contributed by atoms with Crippen molar-refractivity contribution in [3.8, 4) is 11.8 Å². The number of hydrogen-bond donors (Lipinski definition) is 2. The van der Waals surface area contributed by atoms with Crippen LogP contribution in [0.4, 0.5) is 5.95 Å². The van der Waals surface area contributed by atoms with Crippen LogP contribution in [0.3, 0.4) is 0 Å². The smallest absolute Gasteiger partial charge is 0.280 e. The van der Waals surface area contributed by atoms with Gasteiger partial charge in [0.2, 0.25) is 5.95 Å². The Hall–Kier alpha value is -2.42. The van der Waals surface area contributed by atoms with Gasteiger partial charge >= 0.3 is 0 Å². The number of nitrogens with one attached hydrogen (secondary N) is 1. The van der Waals surface area contributed by atoms with Crippen molar-refractivity contribution in [2.75, 3.05) is 5.73 Å². The van der Waals surface area contributed by atoms with Crippen LogP contribution in [0.1, 0.15) is 26.5 Å². The average molecular weight is 243 g/mol. The van der Waals surface area contributed by atoms with Crippen molar-refractivity contribution in [2.45, 2.75) is 20.8 Å². The van der Waals surface area contributed by atoms with E-state index in [0.29, 0.717) is 5.69 Å². The van der Waals surface area contributed by atoms with Gasteiger partial charge in [0, 0.05) is 5.41 Å². The summed E-state index contributed by atoms with van der Waals surface area (Å²) in [7, 11) is 0. The molecular weight excluding hydrogens is 230 g/mol. The zero-order valence-electron chi connectivity index (χ0n) is 10.4. The van der Waals surface area contributed by atoms with Gasteiger partial charge in [0.05, 0.1) is 6.20 Å². The molecule has 0 saturated heterocycles. The summed E-state index contributed by atoms with van der Waals surface area (Å²) < 4.78 is 0. The summed E-state index contributed by atoms with van der Waals surface area (Å²) in [5.41, 5.74) is 5.67. The maximum absolute atomic E-state index is 11.6. The van der Waals surface area contributed by atoms with E-state index in [4.69, 9.17) is 5.73 Å². The first-order valence-corrected chi connectivity index (χ1v) is 5.41. The lowest BCUT2D eigenvalue weighted by atomic mass is 9.98. The molecule has 2 aromatic heterocycles. The van der Waals surface area contributed by atoms with Crippen LogP contribution in [0, 0.1) is 17.3 Å². The van der Waals surface area contributed by atoms with E-state index < -0.39 is 5.56 Å². The molecule has 18 heavy (non-hydrogen) atoms. The van der Waals surface area contributed by atoms with E-state index in [9.17, 15) is 4.79 Å². The van der Waals surface area contributed by atoms with E-state index >= 15 is 0 Å². The molecule has 0 aliphatic heterocycles. The number of nitrogens with zero attached hydrogens (tertiary/aromatic N) is 3. The molecule has 0 bridgehead atoms. The largest absolute Gasteiger partial charge is 0.369 e. The zero-order valence-corrected chi connectivity index (χ0v) is 10.4. The number of nitrogens with two attached hydrogens (primary N) is 1. The first-order valence-electron chi connectivity index (χ1n) is 5.41. The van der Waals surface area contributed by atoms with Crippen molar-refractivity contribution in [1.29, 1.82) is 0 Å². The van der Waals surface area contributed by atoms with Crippen LogP contribution in [0.2, 0.25) is 0 Å². The maximum Gasteiger partial charge on any atom is 0.280 e. The summed E-state index contributed by atoms with van der Waals surface area (Å²) in [5, 5.41) is 0. The molecule has 0 unspecified atom stereocenters. The highest BCUT2D eigenvalue weighted by molar-refractivity contribution is 5.69. The van der Waals surface area contributed by atoms with Gasteiger partial charge in [-0.05, 0) is 26.7 Å². The number of anilines is 1. The second-order valence-electron chi connectivity index (χ2n) is 4.88. The average Bonchev–Trinajstić information content (AvgIpc) is 2.25. The Labute approximate surface area is 104 Å². The molecule has 0 saturated carbocycles. The monoisotopic (exact) mass is 243 g/mol. The number of rotatable bonds is 0. The molecule has 0 amide bonds. The Morgan fingerprint density at radius 1 is 1.33 bits per heavy atom. The van der Waals surface area contributed by atoms with E-state index in [-0.39, 0.29) is 22.5 Å². The van der Waals surface area contributed by atoms with Crippen LogP contribution in [-0.4, -0.2) is 19.9 Å². The van der Waals surface area contributed by atoms with E-state index in [2.05, 4.69) is 31.8 Å². The van der Waals surface area contributed by atoms with E-state index in [1.54, 1.807) is 0 Å². The van der Waals surface area contributed by atoms with Crippen LogP contribution < -0.4 is 11.3 Å². The van der Waals surface area contributed by atoms with Crippen molar-refractivity contribution >= 4 is 17.1 Å². The van der Waals surface area contributed by atoms with Gasteiger partial charge in [-0.25, -0.2) is 9.97 Å². The third-order valence-electron chi connectivity index (χ3n) is 2.00. The molecule has 0 aliphatic rings. The van der Waals surface area contributed by atoms with Gasteiger partial charge < -0.3 is 5.73 Å². The van der Waals surface area contributed by atoms with Crippen LogP contribution in [-0.2, 0) is 0 Å². The lowest BCUT2D eigenvalue weighted by Crippen LogP contribution is -2.13.